The lowest BCUT2D eigenvalue weighted by Gasteiger charge is -2.13. The number of rotatable bonds is 6. The Labute approximate surface area is 108 Å². The van der Waals surface area contributed by atoms with Crippen LogP contribution in [-0.4, -0.2) is 38.7 Å². The highest BCUT2D eigenvalue weighted by molar-refractivity contribution is 5.85. The number of nitrogens with two attached hydrogens (primary N) is 1. The Morgan fingerprint density at radius 1 is 1.50 bits per heavy atom. The number of likely N-dealkylation sites (N-methyl/N-ethyl adjacent to an activating group) is 1. The second kappa shape index (κ2) is 12.4. The van der Waals surface area contributed by atoms with Crippen molar-refractivity contribution in [2.75, 3.05) is 20.7 Å². The molecule has 0 aromatic rings. The van der Waals surface area contributed by atoms with E-state index in [2.05, 4.69) is 15.4 Å². The van der Waals surface area contributed by atoms with Crippen LogP contribution in [0.25, 0.3) is 0 Å². The first-order valence-corrected chi connectivity index (χ1v) is 4.44. The van der Waals surface area contributed by atoms with Gasteiger partial charge in [0.05, 0.1) is 7.11 Å². The van der Waals surface area contributed by atoms with Crippen molar-refractivity contribution in [2.45, 2.75) is 18.9 Å². The van der Waals surface area contributed by atoms with Gasteiger partial charge in [-0.3, -0.25) is 10.2 Å². The van der Waals surface area contributed by atoms with E-state index >= 15 is 0 Å². The monoisotopic (exact) mass is 274 g/mol. The number of nitrogens with one attached hydrogen (secondary N) is 3. The molecule has 0 aliphatic heterocycles. The van der Waals surface area contributed by atoms with E-state index in [1.54, 1.807) is 7.05 Å². The fourth-order valence-corrected chi connectivity index (χ4v) is 1.05. The molecule has 0 bridgehead atoms. The molecule has 8 heteroatoms. The molecule has 0 unspecified atom stereocenters. The third-order valence-corrected chi connectivity index (χ3v) is 1.82. The average molecular weight is 275 g/mol. The van der Waals surface area contributed by atoms with Crippen molar-refractivity contribution in [3.63, 3.8) is 0 Å². The van der Waals surface area contributed by atoms with Crippen LogP contribution < -0.4 is 16.4 Å². The Kier molecular flexibility index (Phi) is 15.9. The van der Waals surface area contributed by atoms with Crippen LogP contribution in [-0.2, 0) is 9.53 Å². The molecule has 0 saturated carbocycles. The van der Waals surface area contributed by atoms with Crippen molar-refractivity contribution in [2.24, 2.45) is 5.73 Å². The highest BCUT2D eigenvalue weighted by Gasteiger charge is 2.15. The maximum Gasteiger partial charge on any atom is 0.322 e. The number of hydrogen-bond donors (Lipinski definition) is 4. The van der Waals surface area contributed by atoms with E-state index in [9.17, 15) is 4.79 Å². The van der Waals surface area contributed by atoms with E-state index in [1.807, 2.05) is 0 Å². The molecular formula is C8H20Cl2N4O2. The van der Waals surface area contributed by atoms with Gasteiger partial charge in [-0.05, 0) is 19.9 Å². The van der Waals surface area contributed by atoms with Gasteiger partial charge in [-0.1, -0.05) is 0 Å². The first-order chi connectivity index (χ1) is 6.61. The van der Waals surface area contributed by atoms with E-state index < -0.39 is 0 Å². The molecule has 0 radical (unpaired) electrons. The molecule has 0 heterocycles. The molecule has 0 saturated heterocycles. The van der Waals surface area contributed by atoms with Crippen molar-refractivity contribution in [3.8, 4) is 0 Å². The molecule has 5 N–H and O–H groups in total. The van der Waals surface area contributed by atoms with Crippen LogP contribution in [0.5, 0.6) is 0 Å². The number of halogens is 2. The van der Waals surface area contributed by atoms with E-state index in [0.29, 0.717) is 13.0 Å². The molecule has 0 aliphatic carbocycles. The maximum absolute atomic E-state index is 11.1. The zero-order valence-electron chi connectivity index (χ0n) is 9.41. The lowest BCUT2D eigenvalue weighted by molar-refractivity contribution is -0.143. The van der Waals surface area contributed by atoms with Gasteiger partial charge in [0.15, 0.2) is 5.96 Å². The Morgan fingerprint density at radius 2 is 2.06 bits per heavy atom. The Hall–Kier alpha value is -0.720. The zero-order valence-corrected chi connectivity index (χ0v) is 11.0. The zero-order chi connectivity index (χ0) is 11.0. The predicted octanol–water partition coefficient (Wildman–Crippen LogP) is -0.146. The van der Waals surface area contributed by atoms with Crippen molar-refractivity contribution in [1.29, 1.82) is 5.41 Å². The molecule has 0 aromatic carbocycles. The van der Waals surface area contributed by atoms with Crippen molar-refractivity contribution < 1.29 is 9.53 Å². The van der Waals surface area contributed by atoms with Crippen molar-refractivity contribution in [3.05, 3.63) is 0 Å². The number of ether oxygens (including phenoxy) is 1. The third-order valence-electron chi connectivity index (χ3n) is 1.82. The number of guanidine groups is 1. The normalized spacial score (nSPS) is 10.4. The summed E-state index contributed by atoms with van der Waals surface area (Å²) in [4.78, 5) is 11.1. The molecule has 0 fully saturated rings. The van der Waals surface area contributed by atoms with Gasteiger partial charge in [0.1, 0.15) is 6.04 Å². The topological polar surface area (TPSA) is 100 Å². The van der Waals surface area contributed by atoms with E-state index in [4.69, 9.17) is 11.1 Å². The van der Waals surface area contributed by atoms with E-state index in [-0.39, 0.29) is 42.8 Å². The van der Waals surface area contributed by atoms with Gasteiger partial charge < -0.3 is 21.1 Å². The van der Waals surface area contributed by atoms with Crippen LogP contribution in [0.3, 0.4) is 0 Å². The predicted molar refractivity (Wildman–Crippen MR) is 68.5 cm³/mol. The lowest BCUT2D eigenvalue weighted by atomic mass is 10.1. The third kappa shape index (κ3) is 9.82. The molecular weight excluding hydrogens is 255 g/mol. The minimum absolute atomic E-state index is 0. The SMILES string of the molecule is CN[C@@H](CCCNC(=N)N)C(=O)OC.Cl.Cl. The first-order valence-electron chi connectivity index (χ1n) is 4.44. The van der Waals surface area contributed by atoms with Crippen LogP contribution in [0, 0.1) is 5.41 Å². The van der Waals surface area contributed by atoms with Gasteiger partial charge in [0, 0.05) is 6.54 Å². The maximum atomic E-state index is 11.1. The number of carbonyl (C=O) groups excluding carboxylic acids is 1. The average Bonchev–Trinajstić information content (AvgIpc) is 2.16. The van der Waals surface area contributed by atoms with Crippen LogP contribution in [0.1, 0.15) is 12.8 Å². The van der Waals surface area contributed by atoms with Gasteiger partial charge in [-0.25, -0.2) is 0 Å². The van der Waals surface area contributed by atoms with Crippen LogP contribution in [0.15, 0.2) is 0 Å². The Bertz CT molecular complexity index is 204. The summed E-state index contributed by atoms with van der Waals surface area (Å²) in [7, 11) is 3.07. The quantitative estimate of drug-likeness (QED) is 0.234. The van der Waals surface area contributed by atoms with E-state index in [0.717, 1.165) is 6.42 Å². The molecule has 0 amide bonds. The van der Waals surface area contributed by atoms with Gasteiger partial charge in [0.2, 0.25) is 0 Å². The second-order valence-corrected chi connectivity index (χ2v) is 2.85. The van der Waals surface area contributed by atoms with Gasteiger partial charge in [-0.15, -0.1) is 24.8 Å². The molecule has 0 rings (SSSR count). The standard InChI is InChI=1S/C8H18N4O2.2ClH/c1-11-6(7(13)14-2)4-3-5-12-8(9)10;;/h6,11H,3-5H2,1-2H3,(H4,9,10,12);2*1H/t6-;;/m0../s1. The molecule has 0 aliphatic rings. The lowest BCUT2D eigenvalue weighted by Crippen LogP contribution is -2.36. The van der Waals surface area contributed by atoms with Gasteiger partial charge >= 0.3 is 5.97 Å². The number of esters is 1. The van der Waals surface area contributed by atoms with E-state index in [1.165, 1.54) is 7.11 Å². The summed E-state index contributed by atoms with van der Waals surface area (Å²) in [5, 5.41) is 12.4. The summed E-state index contributed by atoms with van der Waals surface area (Å²) in [6.45, 7) is 0.588. The molecule has 0 spiro atoms. The summed E-state index contributed by atoms with van der Waals surface area (Å²) in [5.74, 6) is -0.320. The molecule has 16 heavy (non-hydrogen) atoms. The first kappa shape index (κ1) is 20.7. The highest BCUT2D eigenvalue weighted by Crippen LogP contribution is 1.97. The van der Waals surface area contributed by atoms with Crippen molar-refractivity contribution >= 4 is 36.7 Å². The minimum Gasteiger partial charge on any atom is -0.468 e. The smallest absolute Gasteiger partial charge is 0.322 e. The molecule has 1 atom stereocenters. The summed E-state index contributed by atoms with van der Waals surface area (Å²) >= 11 is 0. The number of carbonyl (C=O) groups is 1. The number of methoxy groups -OCH3 is 1. The fourth-order valence-electron chi connectivity index (χ4n) is 1.05. The fraction of sp³-hybridized carbons (Fsp3) is 0.750. The minimum atomic E-state index is -0.284. The second-order valence-electron chi connectivity index (χ2n) is 2.85. The highest BCUT2D eigenvalue weighted by atomic mass is 35.5. The number of hydrogen-bond acceptors (Lipinski definition) is 4. The van der Waals surface area contributed by atoms with Crippen LogP contribution in [0.2, 0.25) is 0 Å². The molecule has 6 nitrogen and oxygen atoms in total. The summed E-state index contributed by atoms with van der Waals surface area (Å²) in [6.07, 6.45) is 1.41. The molecule has 98 valence electrons. The summed E-state index contributed by atoms with van der Waals surface area (Å²) in [5.41, 5.74) is 5.09. The van der Waals surface area contributed by atoms with Gasteiger partial charge in [-0.2, -0.15) is 0 Å². The van der Waals surface area contributed by atoms with Crippen LogP contribution in [0.4, 0.5) is 0 Å². The molecule has 0 aromatic heterocycles. The van der Waals surface area contributed by atoms with Crippen LogP contribution >= 0.6 is 24.8 Å². The van der Waals surface area contributed by atoms with Gasteiger partial charge in [0.25, 0.3) is 0 Å². The summed E-state index contributed by atoms with van der Waals surface area (Å²) < 4.78 is 4.59. The Balaban J connectivity index is -0.000000845. The summed E-state index contributed by atoms with van der Waals surface area (Å²) in [6, 6.07) is -0.284. The van der Waals surface area contributed by atoms with Crippen molar-refractivity contribution in [1.82, 2.24) is 10.6 Å². The Morgan fingerprint density at radius 3 is 2.44 bits per heavy atom. The largest absolute Gasteiger partial charge is 0.468 e.